The van der Waals surface area contributed by atoms with Crippen LogP contribution in [0.2, 0.25) is 0 Å². The molecule has 0 saturated heterocycles. The topological polar surface area (TPSA) is 102 Å². The second kappa shape index (κ2) is 18.9. The number of carbonyl (C=O) groups is 1. The average molecular weight is 483 g/mol. The summed E-state index contributed by atoms with van der Waals surface area (Å²) in [6.07, 6.45) is 13.8. The van der Waals surface area contributed by atoms with E-state index in [4.69, 9.17) is 13.8 Å². The van der Waals surface area contributed by atoms with Gasteiger partial charge in [0.15, 0.2) is 0 Å². The maximum atomic E-state index is 12.0. The van der Waals surface area contributed by atoms with E-state index in [0.717, 1.165) is 19.3 Å². The molecule has 0 spiro atoms. The second-order valence-corrected chi connectivity index (χ2v) is 11.0. The number of likely N-dealkylation sites (N-methyl/N-ethyl adjacent to an activating group) is 1. The molecule has 32 heavy (non-hydrogen) atoms. The number of rotatable bonds is 22. The number of hydrogen-bond acceptors (Lipinski definition) is 6. The minimum atomic E-state index is -4.32. The first-order chi connectivity index (χ1) is 15.1. The van der Waals surface area contributed by atoms with Crippen molar-refractivity contribution >= 4 is 13.8 Å². The van der Waals surface area contributed by atoms with Crippen LogP contribution < -0.4 is 0 Å². The molecule has 0 radical (unpaired) electrons. The molecule has 0 rings (SSSR count). The highest BCUT2D eigenvalue weighted by Gasteiger charge is 2.28. The van der Waals surface area contributed by atoms with E-state index in [-0.39, 0.29) is 13.2 Å². The molecule has 0 aliphatic rings. The first kappa shape index (κ1) is 31.5. The van der Waals surface area contributed by atoms with Gasteiger partial charge in [0.1, 0.15) is 25.9 Å². The number of aliphatic hydroxyl groups excluding tert-OH is 1. The molecular weight excluding hydrogens is 433 g/mol. The van der Waals surface area contributed by atoms with Crippen molar-refractivity contribution < 1.29 is 37.6 Å². The highest BCUT2D eigenvalue weighted by Crippen LogP contribution is 2.44. The number of quaternary nitrogens is 1. The van der Waals surface area contributed by atoms with Crippen LogP contribution in [0.15, 0.2) is 0 Å². The van der Waals surface area contributed by atoms with Gasteiger partial charge in [-0.25, -0.2) is 4.57 Å². The maximum absolute atomic E-state index is 12.0. The molecule has 0 aliphatic heterocycles. The lowest BCUT2D eigenvalue weighted by Gasteiger charge is -2.24. The van der Waals surface area contributed by atoms with Crippen molar-refractivity contribution in [3.8, 4) is 0 Å². The normalized spacial score (nSPS) is 14.8. The van der Waals surface area contributed by atoms with Crippen LogP contribution in [0.4, 0.5) is 0 Å². The molecule has 0 aromatic rings. The molecule has 1 unspecified atom stereocenters. The lowest BCUT2D eigenvalue weighted by molar-refractivity contribution is -0.870. The number of phosphoric acid groups is 1. The van der Waals surface area contributed by atoms with E-state index < -0.39 is 26.5 Å². The Kier molecular flexibility index (Phi) is 18.6. The number of aliphatic hydroxyl groups is 1. The van der Waals surface area contributed by atoms with Crippen LogP contribution in [0.5, 0.6) is 0 Å². The molecule has 0 aromatic carbocycles. The highest BCUT2D eigenvalue weighted by molar-refractivity contribution is 7.47. The smallest absolute Gasteiger partial charge is 0.463 e. The number of ether oxygens (including phenoxy) is 1. The summed E-state index contributed by atoms with van der Waals surface area (Å²) in [7, 11) is 1.47. The van der Waals surface area contributed by atoms with Crippen LogP contribution in [-0.2, 0) is 23.1 Å². The van der Waals surface area contributed by atoms with Gasteiger partial charge in [0, 0.05) is 6.42 Å². The molecule has 0 bridgehead atoms. The van der Waals surface area contributed by atoms with Crippen molar-refractivity contribution in [2.45, 2.75) is 96.5 Å². The first-order valence-electron chi connectivity index (χ1n) is 12.3. The molecular formula is C23H49NO7P+. The average Bonchev–Trinajstić information content (AvgIpc) is 2.70. The number of esters is 1. The monoisotopic (exact) mass is 482 g/mol. The van der Waals surface area contributed by atoms with Gasteiger partial charge in [-0.2, -0.15) is 0 Å². The number of phosphoric ester groups is 1. The zero-order chi connectivity index (χ0) is 24.3. The van der Waals surface area contributed by atoms with Gasteiger partial charge in [0.2, 0.25) is 0 Å². The van der Waals surface area contributed by atoms with Crippen molar-refractivity contribution in [1.29, 1.82) is 0 Å². The molecule has 0 fully saturated rings. The van der Waals surface area contributed by atoms with Gasteiger partial charge < -0.3 is 19.2 Å². The van der Waals surface area contributed by atoms with Gasteiger partial charge >= 0.3 is 13.8 Å². The number of nitrogens with zero attached hydrogens (tertiary/aromatic N) is 1. The summed E-state index contributed by atoms with van der Waals surface area (Å²) in [6, 6.07) is 0. The fraction of sp³-hybridized carbons (Fsp3) is 0.957. The summed E-state index contributed by atoms with van der Waals surface area (Å²) in [6.45, 7) is 1.97. The SMILES string of the molecule is CCCCCCCCCCCCCCC(=O)OC[C@H](CO)OP(=O)(O)OCC[N+](C)(C)C. The largest absolute Gasteiger partial charge is 0.472 e. The lowest BCUT2D eigenvalue weighted by atomic mass is 10.0. The molecule has 0 heterocycles. The molecule has 2 atom stereocenters. The number of unbranched alkanes of at least 4 members (excludes halogenated alkanes) is 11. The van der Waals surface area contributed by atoms with Crippen LogP contribution in [0.25, 0.3) is 0 Å². The fourth-order valence-electron chi connectivity index (χ4n) is 3.13. The van der Waals surface area contributed by atoms with Crippen molar-refractivity contribution in [1.82, 2.24) is 0 Å². The Hall–Kier alpha value is -0.500. The molecule has 8 nitrogen and oxygen atoms in total. The molecule has 0 aromatic heterocycles. The standard InChI is InChI=1S/C23H48NO7P/c1-5-6-7-8-9-10-11-12-13-14-15-16-17-23(26)29-21-22(20-25)31-32(27,28)30-19-18-24(2,3)4/h22,25H,5-21H2,1-4H3/p+1/t22-/m0/s1. The van der Waals surface area contributed by atoms with E-state index in [9.17, 15) is 19.4 Å². The number of carbonyl (C=O) groups excluding carboxylic acids is 1. The van der Waals surface area contributed by atoms with Gasteiger partial charge in [-0.1, -0.05) is 77.6 Å². The van der Waals surface area contributed by atoms with Crippen LogP contribution in [0.1, 0.15) is 90.4 Å². The Morgan fingerprint density at radius 2 is 1.41 bits per heavy atom. The summed E-state index contributed by atoms with van der Waals surface area (Å²) >= 11 is 0. The van der Waals surface area contributed by atoms with Crippen molar-refractivity contribution in [2.75, 3.05) is 47.5 Å². The molecule has 0 saturated carbocycles. The quantitative estimate of drug-likeness (QED) is 0.0987. The van der Waals surface area contributed by atoms with Gasteiger partial charge in [-0.05, 0) is 6.42 Å². The van der Waals surface area contributed by atoms with Gasteiger partial charge in [-0.15, -0.1) is 0 Å². The molecule has 192 valence electrons. The summed E-state index contributed by atoms with van der Waals surface area (Å²) in [5.74, 6) is -0.391. The van der Waals surface area contributed by atoms with Crippen LogP contribution >= 0.6 is 7.82 Å². The second-order valence-electron chi connectivity index (χ2n) is 9.55. The Labute approximate surface area is 195 Å². The third kappa shape index (κ3) is 21.4. The minimum absolute atomic E-state index is 0.0359. The van der Waals surface area contributed by atoms with Crippen LogP contribution in [-0.4, -0.2) is 74.1 Å². The Morgan fingerprint density at radius 3 is 1.88 bits per heavy atom. The van der Waals surface area contributed by atoms with Crippen molar-refractivity contribution in [3.05, 3.63) is 0 Å². The van der Waals surface area contributed by atoms with Gasteiger partial charge in [-0.3, -0.25) is 13.8 Å². The van der Waals surface area contributed by atoms with E-state index in [2.05, 4.69) is 6.92 Å². The Balaban J connectivity index is 3.76. The lowest BCUT2D eigenvalue weighted by Crippen LogP contribution is -2.37. The molecule has 2 N–H and O–H groups in total. The molecule has 0 aliphatic carbocycles. The van der Waals surface area contributed by atoms with Crippen molar-refractivity contribution in [2.24, 2.45) is 0 Å². The predicted octanol–water partition coefficient (Wildman–Crippen LogP) is 4.82. The molecule has 9 heteroatoms. The third-order valence-corrected chi connectivity index (χ3v) is 6.24. The summed E-state index contributed by atoms with van der Waals surface area (Å²) in [5.41, 5.74) is 0. The van der Waals surface area contributed by atoms with Crippen molar-refractivity contribution in [3.63, 3.8) is 0 Å². The van der Waals surface area contributed by atoms with Crippen LogP contribution in [0.3, 0.4) is 0 Å². The maximum Gasteiger partial charge on any atom is 0.472 e. The van der Waals surface area contributed by atoms with E-state index >= 15 is 0 Å². The van der Waals surface area contributed by atoms with E-state index in [1.807, 2.05) is 21.1 Å². The molecule has 0 amide bonds. The summed E-state index contributed by atoms with van der Waals surface area (Å²) in [4.78, 5) is 21.6. The van der Waals surface area contributed by atoms with E-state index in [0.29, 0.717) is 17.4 Å². The highest BCUT2D eigenvalue weighted by atomic mass is 31.2. The summed E-state index contributed by atoms with van der Waals surface area (Å²) in [5, 5.41) is 9.34. The van der Waals surface area contributed by atoms with Gasteiger partial charge in [0.25, 0.3) is 0 Å². The Bertz CT molecular complexity index is 511. The number of hydrogen-bond donors (Lipinski definition) is 2. The fourth-order valence-corrected chi connectivity index (χ4v) is 4.01. The third-order valence-electron chi connectivity index (χ3n) is 5.17. The zero-order valence-corrected chi connectivity index (χ0v) is 21.8. The first-order valence-corrected chi connectivity index (χ1v) is 13.8. The summed E-state index contributed by atoms with van der Waals surface area (Å²) < 4.78 is 27.5. The van der Waals surface area contributed by atoms with E-state index in [1.165, 1.54) is 57.8 Å². The van der Waals surface area contributed by atoms with Gasteiger partial charge in [0.05, 0.1) is 27.7 Å². The predicted molar refractivity (Wildman–Crippen MR) is 127 cm³/mol. The van der Waals surface area contributed by atoms with E-state index in [1.54, 1.807) is 0 Å². The minimum Gasteiger partial charge on any atom is -0.463 e. The Morgan fingerprint density at radius 1 is 0.906 bits per heavy atom. The van der Waals surface area contributed by atoms with Crippen LogP contribution in [0, 0.1) is 0 Å². The zero-order valence-electron chi connectivity index (χ0n) is 20.9.